The lowest BCUT2D eigenvalue weighted by Gasteiger charge is -2.11. The fourth-order valence-electron chi connectivity index (χ4n) is 1.98. The predicted octanol–water partition coefficient (Wildman–Crippen LogP) is 5.30. The van der Waals surface area contributed by atoms with E-state index in [0.29, 0.717) is 0 Å². The molecular formula is C17H20ClNS. The van der Waals surface area contributed by atoms with Crippen LogP contribution in [0.5, 0.6) is 0 Å². The third-order valence-electron chi connectivity index (χ3n) is 3.00. The maximum atomic E-state index is 5.93. The van der Waals surface area contributed by atoms with Crippen molar-refractivity contribution in [1.29, 1.82) is 0 Å². The van der Waals surface area contributed by atoms with E-state index in [1.165, 1.54) is 20.9 Å². The van der Waals surface area contributed by atoms with Gasteiger partial charge in [0.25, 0.3) is 0 Å². The molecule has 0 saturated heterocycles. The molecular weight excluding hydrogens is 286 g/mol. The summed E-state index contributed by atoms with van der Waals surface area (Å²) in [6, 6.07) is 14.6. The molecule has 0 atom stereocenters. The van der Waals surface area contributed by atoms with E-state index in [9.17, 15) is 0 Å². The molecule has 0 bridgehead atoms. The van der Waals surface area contributed by atoms with Crippen LogP contribution in [0.3, 0.4) is 0 Å². The van der Waals surface area contributed by atoms with Crippen LogP contribution in [0.25, 0.3) is 0 Å². The monoisotopic (exact) mass is 305 g/mol. The Bertz CT molecular complexity index is 551. The molecule has 0 spiro atoms. The van der Waals surface area contributed by atoms with Crippen molar-refractivity contribution < 1.29 is 0 Å². The Morgan fingerprint density at radius 1 is 1.10 bits per heavy atom. The highest BCUT2D eigenvalue weighted by Gasteiger charge is 2.05. The van der Waals surface area contributed by atoms with Gasteiger partial charge in [-0.3, -0.25) is 0 Å². The van der Waals surface area contributed by atoms with Gasteiger partial charge in [-0.15, -0.1) is 0 Å². The second-order valence-corrected chi connectivity index (χ2v) is 6.40. The fourth-order valence-corrected chi connectivity index (χ4v) is 3.03. The summed E-state index contributed by atoms with van der Waals surface area (Å²) in [5, 5.41) is 4.26. The van der Waals surface area contributed by atoms with Gasteiger partial charge in [-0.2, -0.15) is 0 Å². The van der Waals surface area contributed by atoms with Crippen LogP contribution in [0.1, 0.15) is 24.5 Å². The van der Waals surface area contributed by atoms with Crippen LogP contribution in [0, 0.1) is 6.92 Å². The first-order valence-corrected chi connectivity index (χ1v) is 8.12. The molecule has 2 aromatic rings. The Balaban J connectivity index is 2.15. The van der Waals surface area contributed by atoms with Gasteiger partial charge in [-0.25, -0.2) is 0 Å². The minimum Gasteiger partial charge on any atom is -0.313 e. The minimum atomic E-state index is 0.781. The Morgan fingerprint density at radius 3 is 2.55 bits per heavy atom. The number of hydrogen-bond donors (Lipinski definition) is 1. The van der Waals surface area contributed by atoms with Crippen LogP contribution < -0.4 is 5.32 Å². The average Bonchev–Trinajstić information content (AvgIpc) is 2.44. The summed E-state index contributed by atoms with van der Waals surface area (Å²) < 4.78 is 0. The predicted molar refractivity (Wildman–Crippen MR) is 88.8 cm³/mol. The first-order chi connectivity index (χ1) is 9.69. The lowest BCUT2D eigenvalue weighted by molar-refractivity contribution is 0.669. The SMILES string of the molecule is CCCNCc1cc(C)ccc1Sc1ccc(Cl)cc1. The van der Waals surface area contributed by atoms with E-state index < -0.39 is 0 Å². The maximum absolute atomic E-state index is 5.93. The first kappa shape index (κ1) is 15.4. The van der Waals surface area contributed by atoms with Crippen molar-refractivity contribution >= 4 is 23.4 Å². The van der Waals surface area contributed by atoms with E-state index in [0.717, 1.165) is 24.5 Å². The third kappa shape index (κ3) is 4.55. The summed E-state index contributed by atoms with van der Waals surface area (Å²) in [5.41, 5.74) is 2.66. The Morgan fingerprint density at radius 2 is 1.85 bits per heavy atom. The second kappa shape index (κ2) is 7.72. The first-order valence-electron chi connectivity index (χ1n) is 6.92. The molecule has 1 N–H and O–H groups in total. The minimum absolute atomic E-state index is 0.781. The molecule has 0 aliphatic rings. The quantitative estimate of drug-likeness (QED) is 0.727. The topological polar surface area (TPSA) is 12.0 Å². The summed E-state index contributed by atoms with van der Waals surface area (Å²) in [5.74, 6) is 0. The van der Waals surface area contributed by atoms with Crippen LogP contribution >= 0.6 is 23.4 Å². The molecule has 0 heterocycles. The molecule has 2 aromatic carbocycles. The average molecular weight is 306 g/mol. The van der Waals surface area contributed by atoms with Gasteiger partial charge in [0.2, 0.25) is 0 Å². The number of hydrogen-bond acceptors (Lipinski definition) is 2. The van der Waals surface area contributed by atoms with E-state index in [-0.39, 0.29) is 0 Å². The van der Waals surface area contributed by atoms with E-state index in [1.54, 1.807) is 11.8 Å². The highest BCUT2D eigenvalue weighted by atomic mass is 35.5. The number of halogens is 1. The lowest BCUT2D eigenvalue weighted by atomic mass is 10.1. The van der Waals surface area contributed by atoms with Gasteiger partial charge in [0, 0.05) is 21.4 Å². The van der Waals surface area contributed by atoms with E-state index >= 15 is 0 Å². The van der Waals surface area contributed by atoms with Crippen LogP contribution in [-0.2, 0) is 6.54 Å². The van der Waals surface area contributed by atoms with Crippen molar-refractivity contribution in [1.82, 2.24) is 5.32 Å². The number of benzene rings is 2. The zero-order chi connectivity index (χ0) is 14.4. The zero-order valence-electron chi connectivity index (χ0n) is 11.9. The van der Waals surface area contributed by atoms with Gasteiger partial charge in [0.15, 0.2) is 0 Å². The lowest BCUT2D eigenvalue weighted by Crippen LogP contribution is -2.14. The molecule has 0 aliphatic carbocycles. The molecule has 0 radical (unpaired) electrons. The van der Waals surface area contributed by atoms with Crippen molar-refractivity contribution in [2.24, 2.45) is 0 Å². The highest BCUT2D eigenvalue weighted by Crippen LogP contribution is 2.31. The molecule has 0 aromatic heterocycles. The summed E-state index contributed by atoms with van der Waals surface area (Å²) in [7, 11) is 0. The summed E-state index contributed by atoms with van der Waals surface area (Å²) >= 11 is 7.72. The zero-order valence-corrected chi connectivity index (χ0v) is 13.5. The van der Waals surface area contributed by atoms with Crippen LogP contribution in [-0.4, -0.2) is 6.54 Å². The molecule has 0 saturated carbocycles. The van der Waals surface area contributed by atoms with Crippen molar-refractivity contribution in [2.45, 2.75) is 36.6 Å². The molecule has 0 aliphatic heterocycles. The van der Waals surface area contributed by atoms with Crippen molar-refractivity contribution in [3.63, 3.8) is 0 Å². The Kier molecular flexibility index (Phi) is 5.96. The molecule has 2 rings (SSSR count). The van der Waals surface area contributed by atoms with Gasteiger partial charge >= 0.3 is 0 Å². The summed E-state index contributed by atoms with van der Waals surface area (Å²) in [4.78, 5) is 2.52. The van der Waals surface area contributed by atoms with Gasteiger partial charge in [0.1, 0.15) is 0 Å². The Hall–Kier alpha value is -0.960. The van der Waals surface area contributed by atoms with E-state index in [2.05, 4.69) is 49.5 Å². The van der Waals surface area contributed by atoms with Gasteiger partial charge in [-0.1, -0.05) is 48.0 Å². The van der Waals surface area contributed by atoms with E-state index in [1.807, 2.05) is 12.1 Å². The largest absolute Gasteiger partial charge is 0.313 e. The van der Waals surface area contributed by atoms with Crippen molar-refractivity contribution in [3.05, 3.63) is 58.6 Å². The molecule has 20 heavy (non-hydrogen) atoms. The number of nitrogens with one attached hydrogen (secondary N) is 1. The summed E-state index contributed by atoms with van der Waals surface area (Å²) in [6.07, 6.45) is 1.16. The standard InChI is InChI=1S/C17H20ClNS/c1-3-10-19-12-14-11-13(2)4-9-17(14)20-16-7-5-15(18)6-8-16/h4-9,11,19H,3,10,12H2,1-2H3. The molecule has 0 amide bonds. The van der Waals surface area contributed by atoms with Gasteiger partial charge in [0.05, 0.1) is 0 Å². The van der Waals surface area contributed by atoms with E-state index in [4.69, 9.17) is 11.6 Å². The molecule has 0 fully saturated rings. The third-order valence-corrected chi connectivity index (χ3v) is 4.38. The summed E-state index contributed by atoms with van der Waals surface area (Å²) in [6.45, 7) is 6.30. The smallest absolute Gasteiger partial charge is 0.0406 e. The molecule has 3 heteroatoms. The van der Waals surface area contributed by atoms with Gasteiger partial charge < -0.3 is 5.32 Å². The maximum Gasteiger partial charge on any atom is 0.0406 e. The fraction of sp³-hybridized carbons (Fsp3) is 0.294. The second-order valence-electron chi connectivity index (χ2n) is 4.84. The van der Waals surface area contributed by atoms with Crippen LogP contribution in [0.2, 0.25) is 5.02 Å². The highest BCUT2D eigenvalue weighted by molar-refractivity contribution is 7.99. The van der Waals surface area contributed by atoms with Crippen molar-refractivity contribution in [2.75, 3.05) is 6.54 Å². The number of rotatable bonds is 6. The van der Waals surface area contributed by atoms with Crippen molar-refractivity contribution in [3.8, 4) is 0 Å². The molecule has 106 valence electrons. The van der Waals surface area contributed by atoms with Crippen LogP contribution in [0.4, 0.5) is 0 Å². The number of aryl methyl sites for hydroxylation is 1. The van der Waals surface area contributed by atoms with Crippen LogP contribution in [0.15, 0.2) is 52.3 Å². The van der Waals surface area contributed by atoms with Gasteiger partial charge in [-0.05, 0) is 55.8 Å². The Labute approximate surface area is 130 Å². The molecule has 1 nitrogen and oxygen atoms in total. The normalized spacial score (nSPS) is 10.8. The molecule has 0 unspecified atom stereocenters.